The van der Waals surface area contributed by atoms with E-state index in [9.17, 15) is 5.11 Å². The summed E-state index contributed by atoms with van der Waals surface area (Å²) < 4.78 is 7.89. The van der Waals surface area contributed by atoms with Crippen LogP contribution in [0.3, 0.4) is 0 Å². The van der Waals surface area contributed by atoms with Gasteiger partial charge in [0.2, 0.25) is 0 Å². The lowest BCUT2D eigenvalue weighted by molar-refractivity contribution is 0.00586. The van der Waals surface area contributed by atoms with E-state index in [2.05, 4.69) is 21.7 Å². The molecule has 5 nitrogen and oxygen atoms in total. The van der Waals surface area contributed by atoms with Gasteiger partial charge in [0, 0.05) is 12.6 Å². The Hall–Kier alpha value is -0.940. The maximum Gasteiger partial charge on any atom is 0.165 e. The summed E-state index contributed by atoms with van der Waals surface area (Å²) in [4.78, 5) is 0. The van der Waals surface area contributed by atoms with Gasteiger partial charge in [0.15, 0.2) is 11.6 Å². The molecule has 1 aromatic rings. The Kier molecular flexibility index (Phi) is 2.26. The summed E-state index contributed by atoms with van der Waals surface area (Å²) in [5, 5.41) is 17.6. The van der Waals surface area contributed by atoms with Crippen LogP contribution < -0.4 is 0 Å². The molecular formula is C11H17N3O2. The maximum absolute atomic E-state index is 9.27. The number of rotatable bonds is 3. The van der Waals surface area contributed by atoms with E-state index in [0.29, 0.717) is 11.9 Å². The second-order valence-corrected chi connectivity index (χ2v) is 4.88. The number of hydrogen-bond acceptors (Lipinski definition) is 4. The Morgan fingerprint density at radius 1 is 1.50 bits per heavy atom. The van der Waals surface area contributed by atoms with Gasteiger partial charge in [-0.25, -0.2) is 0 Å². The third-order valence-electron chi connectivity index (χ3n) is 3.51. The summed E-state index contributed by atoms with van der Waals surface area (Å²) in [6.07, 6.45) is 4.38. The van der Waals surface area contributed by atoms with Crippen LogP contribution in [0.1, 0.15) is 50.3 Å². The van der Waals surface area contributed by atoms with Gasteiger partial charge in [-0.15, -0.1) is 10.2 Å². The van der Waals surface area contributed by atoms with Crippen LogP contribution in [0.5, 0.6) is 0 Å². The highest BCUT2D eigenvalue weighted by Gasteiger charge is 2.40. The largest absolute Gasteiger partial charge is 0.388 e. The van der Waals surface area contributed by atoms with Gasteiger partial charge >= 0.3 is 0 Å². The topological polar surface area (TPSA) is 60.2 Å². The molecular weight excluding hydrogens is 206 g/mol. The molecule has 1 aromatic heterocycles. The highest BCUT2D eigenvalue weighted by Crippen LogP contribution is 2.42. The summed E-state index contributed by atoms with van der Waals surface area (Å²) in [6, 6.07) is 0.480. The normalized spacial score (nSPS) is 29.9. The fraction of sp³-hybridized carbons (Fsp3) is 0.818. The minimum Gasteiger partial charge on any atom is -0.388 e. The van der Waals surface area contributed by atoms with E-state index < -0.39 is 0 Å². The summed E-state index contributed by atoms with van der Waals surface area (Å²) in [5.41, 5.74) is -0.303. The molecule has 1 N–H and O–H groups in total. The average molecular weight is 223 g/mol. The molecule has 1 saturated carbocycles. The third-order valence-corrected chi connectivity index (χ3v) is 3.51. The van der Waals surface area contributed by atoms with Crippen LogP contribution in [0.4, 0.5) is 0 Å². The van der Waals surface area contributed by atoms with Gasteiger partial charge in [-0.05, 0) is 32.6 Å². The molecule has 3 rings (SSSR count). The van der Waals surface area contributed by atoms with Gasteiger partial charge in [-0.1, -0.05) is 0 Å². The standard InChI is InChI=1S/C11H17N3O2/c1-11(5-2-6-16-11)10-13-12-9(7-15)14(10)8-3-4-8/h8,15H,2-7H2,1H3. The lowest BCUT2D eigenvalue weighted by Crippen LogP contribution is -2.25. The molecule has 1 unspecified atom stereocenters. The fourth-order valence-electron chi connectivity index (χ4n) is 2.46. The van der Waals surface area contributed by atoms with Gasteiger partial charge in [0.1, 0.15) is 12.2 Å². The Balaban J connectivity index is 2.02. The second kappa shape index (κ2) is 3.53. The molecule has 1 atom stereocenters. The van der Waals surface area contributed by atoms with Crippen molar-refractivity contribution in [3.05, 3.63) is 11.6 Å². The highest BCUT2D eigenvalue weighted by atomic mass is 16.5. The SMILES string of the molecule is CC1(c2nnc(CO)n2C2CC2)CCCO1. The summed E-state index contributed by atoms with van der Waals surface area (Å²) in [5.74, 6) is 1.57. The zero-order chi connectivity index (χ0) is 11.2. The van der Waals surface area contributed by atoms with Gasteiger partial charge in [-0.3, -0.25) is 0 Å². The van der Waals surface area contributed by atoms with E-state index in [1.165, 1.54) is 0 Å². The number of aliphatic hydroxyl groups is 1. The molecule has 2 fully saturated rings. The quantitative estimate of drug-likeness (QED) is 0.834. The van der Waals surface area contributed by atoms with E-state index >= 15 is 0 Å². The minimum absolute atomic E-state index is 0.0421. The third kappa shape index (κ3) is 1.46. The van der Waals surface area contributed by atoms with Gasteiger partial charge in [0.25, 0.3) is 0 Å². The Morgan fingerprint density at radius 2 is 2.31 bits per heavy atom. The van der Waals surface area contributed by atoms with Crippen LogP contribution in [0.25, 0.3) is 0 Å². The van der Waals surface area contributed by atoms with Crippen molar-refractivity contribution in [2.45, 2.75) is 50.9 Å². The predicted octanol–water partition coefficient (Wildman–Crippen LogP) is 1.13. The Labute approximate surface area is 94.4 Å². The molecule has 0 aromatic carbocycles. The van der Waals surface area contributed by atoms with Gasteiger partial charge in [0.05, 0.1) is 0 Å². The van der Waals surface area contributed by atoms with Crippen LogP contribution in [-0.2, 0) is 16.9 Å². The first-order chi connectivity index (χ1) is 7.74. The number of ether oxygens (including phenoxy) is 1. The molecule has 0 bridgehead atoms. The Morgan fingerprint density at radius 3 is 2.88 bits per heavy atom. The van der Waals surface area contributed by atoms with Crippen molar-refractivity contribution in [3.63, 3.8) is 0 Å². The lowest BCUT2D eigenvalue weighted by Gasteiger charge is -2.23. The van der Waals surface area contributed by atoms with Crippen molar-refractivity contribution in [2.24, 2.45) is 0 Å². The fourth-order valence-corrected chi connectivity index (χ4v) is 2.46. The molecule has 88 valence electrons. The van der Waals surface area contributed by atoms with Crippen molar-refractivity contribution in [1.29, 1.82) is 0 Å². The first-order valence-corrected chi connectivity index (χ1v) is 5.94. The van der Waals surface area contributed by atoms with Crippen molar-refractivity contribution in [1.82, 2.24) is 14.8 Å². The van der Waals surface area contributed by atoms with Crippen LogP contribution in [0.2, 0.25) is 0 Å². The monoisotopic (exact) mass is 223 g/mol. The lowest BCUT2D eigenvalue weighted by atomic mass is 10.0. The molecule has 5 heteroatoms. The van der Waals surface area contributed by atoms with Crippen LogP contribution >= 0.6 is 0 Å². The molecule has 2 aliphatic rings. The zero-order valence-electron chi connectivity index (χ0n) is 9.52. The first-order valence-electron chi connectivity index (χ1n) is 5.94. The summed E-state index contributed by atoms with van der Waals surface area (Å²) in [6.45, 7) is 2.83. The number of nitrogens with zero attached hydrogens (tertiary/aromatic N) is 3. The number of aromatic nitrogens is 3. The van der Waals surface area contributed by atoms with E-state index in [1.54, 1.807) is 0 Å². The molecule has 1 aliphatic carbocycles. The average Bonchev–Trinajstić information content (AvgIpc) is 2.87. The molecule has 2 heterocycles. The van der Waals surface area contributed by atoms with Crippen LogP contribution in [-0.4, -0.2) is 26.5 Å². The van der Waals surface area contributed by atoms with Gasteiger partial charge < -0.3 is 14.4 Å². The minimum atomic E-state index is -0.303. The van der Waals surface area contributed by atoms with E-state index in [4.69, 9.17) is 4.74 Å². The number of aliphatic hydroxyl groups excluding tert-OH is 1. The number of hydrogen-bond donors (Lipinski definition) is 1. The zero-order valence-corrected chi connectivity index (χ0v) is 9.52. The van der Waals surface area contributed by atoms with Crippen molar-refractivity contribution < 1.29 is 9.84 Å². The molecule has 1 aliphatic heterocycles. The van der Waals surface area contributed by atoms with Gasteiger partial charge in [-0.2, -0.15) is 0 Å². The van der Waals surface area contributed by atoms with E-state index in [1.807, 2.05) is 0 Å². The van der Waals surface area contributed by atoms with Crippen LogP contribution in [0, 0.1) is 0 Å². The predicted molar refractivity (Wildman–Crippen MR) is 56.8 cm³/mol. The van der Waals surface area contributed by atoms with E-state index in [-0.39, 0.29) is 12.2 Å². The van der Waals surface area contributed by atoms with Crippen molar-refractivity contribution in [2.75, 3.05) is 6.61 Å². The molecule has 0 radical (unpaired) electrons. The highest BCUT2D eigenvalue weighted by molar-refractivity contribution is 5.10. The Bertz CT molecular complexity index is 392. The first kappa shape index (κ1) is 10.2. The summed E-state index contributed by atoms with van der Waals surface area (Å²) >= 11 is 0. The molecule has 0 amide bonds. The summed E-state index contributed by atoms with van der Waals surface area (Å²) in [7, 11) is 0. The second-order valence-electron chi connectivity index (χ2n) is 4.88. The van der Waals surface area contributed by atoms with Crippen LogP contribution in [0.15, 0.2) is 0 Å². The van der Waals surface area contributed by atoms with Crippen molar-refractivity contribution in [3.8, 4) is 0 Å². The molecule has 0 spiro atoms. The van der Waals surface area contributed by atoms with E-state index in [0.717, 1.165) is 38.1 Å². The van der Waals surface area contributed by atoms with Crippen molar-refractivity contribution >= 4 is 0 Å². The maximum atomic E-state index is 9.27. The smallest absolute Gasteiger partial charge is 0.165 e. The molecule has 16 heavy (non-hydrogen) atoms. The molecule has 1 saturated heterocycles.